The van der Waals surface area contributed by atoms with Crippen LogP contribution in [0.3, 0.4) is 0 Å². The Bertz CT molecular complexity index is 319. The van der Waals surface area contributed by atoms with E-state index in [2.05, 4.69) is 19.2 Å². The molecule has 0 atom stereocenters. The maximum atomic E-state index is 11.6. The van der Waals surface area contributed by atoms with Gasteiger partial charge in [0.25, 0.3) is 5.91 Å². The van der Waals surface area contributed by atoms with E-state index in [-0.39, 0.29) is 5.91 Å². The molecular weight excluding hydrogens is 206 g/mol. The Hall–Kier alpha value is -0.960. The molecule has 0 unspecified atom stereocenters. The zero-order chi connectivity index (χ0) is 11.3. The van der Waals surface area contributed by atoms with E-state index in [1.165, 1.54) is 4.90 Å². The number of hydrogen-bond donors (Lipinski definition) is 1. The highest BCUT2D eigenvalue weighted by Gasteiger charge is 2.05. The molecule has 0 aliphatic heterocycles. The van der Waals surface area contributed by atoms with E-state index in [1.54, 1.807) is 11.8 Å². The SMILES string of the molecule is CSc1ccc(C(=O)NCC(C)C)cc1. The quantitative estimate of drug-likeness (QED) is 0.795. The summed E-state index contributed by atoms with van der Waals surface area (Å²) in [5.41, 5.74) is 0.730. The van der Waals surface area contributed by atoms with Crippen molar-refractivity contribution in [3.05, 3.63) is 29.8 Å². The van der Waals surface area contributed by atoms with Crippen molar-refractivity contribution in [2.24, 2.45) is 5.92 Å². The molecule has 15 heavy (non-hydrogen) atoms. The second kappa shape index (κ2) is 5.81. The Morgan fingerprint density at radius 2 is 1.93 bits per heavy atom. The molecule has 1 aromatic carbocycles. The third kappa shape index (κ3) is 3.96. The summed E-state index contributed by atoms with van der Waals surface area (Å²) in [4.78, 5) is 12.8. The fourth-order valence-electron chi connectivity index (χ4n) is 1.14. The summed E-state index contributed by atoms with van der Waals surface area (Å²) in [7, 11) is 0. The van der Waals surface area contributed by atoms with Crippen molar-refractivity contribution in [2.75, 3.05) is 12.8 Å². The normalized spacial score (nSPS) is 10.4. The summed E-state index contributed by atoms with van der Waals surface area (Å²) < 4.78 is 0. The van der Waals surface area contributed by atoms with E-state index in [0.717, 1.165) is 12.1 Å². The van der Waals surface area contributed by atoms with Crippen molar-refractivity contribution >= 4 is 17.7 Å². The number of hydrogen-bond acceptors (Lipinski definition) is 2. The van der Waals surface area contributed by atoms with Gasteiger partial charge < -0.3 is 5.32 Å². The summed E-state index contributed by atoms with van der Waals surface area (Å²) >= 11 is 1.68. The molecule has 3 heteroatoms. The molecule has 0 spiro atoms. The van der Waals surface area contributed by atoms with Gasteiger partial charge in [0.1, 0.15) is 0 Å². The second-order valence-corrected chi connectivity index (χ2v) is 4.71. The van der Waals surface area contributed by atoms with Crippen LogP contribution in [0.2, 0.25) is 0 Å². The number of thioether (sulfide) groups is 1. The maximum Gasteiger partial charge on any atom is 0.251 e. The van der Waals surface area contributed by atoms with E-state index in [9.17, 15) is 4.79 Å². The summed E-state index contributed by atoms with van der Waals surface area (Å²) in [6, 6.07) is 7.66. The average molecular weight is 223 g/mol. The van der Waals surface area contributed by atoms with E-state index < -0.39 is 0 Å². The van der Waals surface area contributed by atoms with Crippen LogP contribution in [0.5, 0.6) is 0 Å². The van der Waals surface area contributed by atoms with E-state index in [0.29, 0.717) is 5.92 Å². The number of amides is 1. The van der Waals surface area contributed by atoms with Crippen molar-refractivity contribution in [3.63, 3.8) is 0 Å². The van der Waals surface area contributed by atoms with E-state index in [4.69, 9.17) is 0 Å². The van der Waals surface area contributed by atoms with Gasteiger partial charge in [0, 0.05) is 17.0 Å². The molecule has 0 fully saturated rings. The Balaban J connectivity index is 2.58. The van der Waals surface area contributed by atoms with Crippen LogP contribution in [0.1, 0.15) is 24.2 Å². The van der Waals surface area contributed by atoms with Gasteiger partial charge in [-0.3, -0.25) is 4.79 Å². The fraction of sp³-hybridized carbons (Fsp3) is 0.417. The van der Waals surface area contributed by atoms with Crippen LogP contribution in [0.4, 0.5) is 0 Å². The first kappa shape index (κ1) is 12.1. The zero-order valence-electron chi connectivity index (χ0n) is 9.41. The number of rotatable bonds is 4. The van der Waals surface area contributed by atoms with Gasteiger partial charge in [0.05, 0.1) is 0 Å². The smallest absolute Gasteiger partial charge is 0.251 e. The number of benzene rings is 1. The molecule has 2 nitrogen and oxygen atoms in total. The number of nitrogens with one attached hydrogen (secondary N) is 1. The van der Waals surface area contributed by atoms with Crippen LogP contribution in [-0.4, -0.2) is 18.7 Å². The molecule has 0 heterocycles. The van der Waals surface area contributed by atoms with Crippen LogP contribution in [-0.2, 0) is 0 Å². The summed E-state index contributed by atoms with van der Waals surface area (Å²) in [6.45, 7) is 4.89. The Kier molecular flexibility index (Phi) is 4.69. The summed E-state index contributed by atoms with van der Waals surface area (Å²) in [6.07, 6.45) is 2.02. The van der Waals surface area contributed by atoms with Gasteiger partial charge >= 0.3 is 0 Å². The molecule has 0 aliphatic carbocycles. The fourth-order valence-corrected chi connectivity index (χ4v) is 1.55. The van der Waals surface area contributed by atoms with Crippen molar-refractivity contribution < 1.29 is 4.79 Å². The lowest BCUT2D eigenvalue weighted by Crippen LogP contribution is -2.27. The van der Waals surface area contributed by atoms with Gasteiger partial charge in [-0.2, -0.15) is 0 Å². The molecule has 0 saturated heterocycles. The third-order valence-corrected chi connectivity index (χ3v) is 2.77. The minimum absolute atomic E-state index is 0.0105. The second-order valence-electron chi connectivity index (χ2n) is 3.83. The molecule has 0 aromatic heterocycles. The Labute approximate surface area is 95.5 Å². The highest BCUT2D eigenvalue weighted by molar-refractivity contribution is 7.98. The minimum Gasteiger partial charge on any atom is -0.352 e. The predicted molar refractivity (Wildman–Crippen MR) is 65.4 cm³/mol. The van der Waals surface area contributed by atoms with Crippen LogP contribution in [0.25, 0.3) is 0 Å². The first-order valence-corrected chi connectivity index (χ1v) is 6.28. The Morgan fingerprint density at radius 3 is 2.40 bits per heavy atom. The zero-order valence-corrected chi connectivity index (χ0v) is 10.2. The minimum atomic E-state index is 0.0105. The predicted octanol–water partition coefficient (Wildman–Crippen LogP) is 2.79. The van der Waals surface area contributed by atoms with Crippen LogP contribution in [0, 0.1) is 5.92 Å². The molecule has 82 valence electrons. The average Bonchev–Trinajstić information content (AvgIpc) is 2.26. The van der Waals surface area contributed by atoms with Gasteiger partial charge in [0.2, 0.25) is 0 Å². The van der Waals surface area contributed by atoms with Crippen LogP contribution < -0.4 is 5.32 Å². The highest BCUT2D eigenvalue weighted by Crippen LogP contribution is 2.14. The molecule has 0 saturated carbocycles. The van der Waals surface area contributed by atoms with E-state index in [1.807, 2.05) is 30.5 Å². The van der Waals surface area contributed by atoms with Crippen molar-refractivity contribution in [3.8, 4) is 0 Å². The van der Waals surface area contributed by atoms with Crippen molar-refractivity contribution in [1.82, 2.24) is 5.32 Å². The lowest BCUT2D eigenvalue weighted by molar-refractivity contribution is 0.0949. The molecule has 1 N–H and O–H groups in total. The largest absolute Gasteiger partial charge is 0.352 e. The molecule has 1 aromatic rings. The van der Waals surface area contributed by atoms with Crippen LogP contribution in [0.15, 0.2) is 29.2 Å². The topological polar surface area (TPSA) is 29.1 Å². The van der Waals surface area contributed by atoms with Crippen molar-refractivity contribution in [1.29, 1.82) is 0 Å². The first-order chi connectivity index (χ1) is 7.13. The highest BCUT2D eigenvalue weighted by atomic mass is 32.2. The molecule has 0 radical (unpaired) electrons. The lowest BCUT2D eigenvalue weighted by atomic mass is 10.2. The van der Waals surface area contributed by atoms with Crippen LogP contribution >= 0.6 is 11.8 Å². The standard InChI is InChI=1S/C12H17NOS/c1-9(2)8-13-12(14)10-4-6-11(15-3)7-5-10/h4-7,9H,8H2,1-3H3,(H,13,14). The number of carbonyl (C=O) groups excluding carboxylic acids is 1. The molecule has 1 amide bonds. The molecule has 1 rings (SSSR count). The number of carbonyl (C=O) groups is 1. The molecule has 0 bridgehead atoms. The molecular formula is C12H17NOS. The maximum absolute atomic E-state index is 11.6. The van der Waals surface area contributed by atoms with Gasteiger partial charge in [-0.15, -0.1) is 11.8 Å². The summed E-state index contributed by atoms with van der Waals surface area (Å²) in [5, 5.41) is 2.89. The summed E-state index contributed by atoms with van der Waals surface area (Å²) in [5.74, 6) is 0.496. The van der Waals surface area contributed by atoms with Gasteiger partial charge in [0.15, 0.2) is 0 Å². The van der Waals surface area contributed by atoms with Gasteiger partial charge in [-0.05, 0) is 36.4 Å². The first-order valence-electron chi connectivity index (χ1n) is 5.05. The molecule has 0 aliphatic rings. The Morgan fingerprint density at radius 1 is 1.33 bits per heavy atom. The van der Waals surface area contributed by atoms with E-state index >= 15 is 0 Å². The lowest BCUT2D eigenvalue weighted by Gasteiger charge is -2.07. The monoisotopic (exact) mass is 223 g/mol. The third-order valence-electron chi connectivity index (χ3n) is 2.02. The van der Waals surface area contributed by atoms with Gasteiger partial charge in [-0.1, -0.05) is 13.8 Å². The van der Waals surface area contributed by atoms with Gasteiger partial charge in [-0.25, -0.2) is 0 Å². The van der Waals surface area contributed by atoms with Crippen molar-refractivity contribution in [2.45, 2.75) is 18.7 Å².